The van der Waals surface area contributed by atoms with Crippen molar-refractivity contribution in [2.75, 3.05) is 13.2 Å². The molecule has 1 aromatic rings. The Morgan fingerprint density at radius 2 is 2.19 bits per heavy atom. The van der Waals surface area contributed by atoms with Crippen LogP contribution in [0, 0.1) is 5.92 Å². The quantitative estimate of drug-likeness (QED) is 0.735. The number of hydrogen-bond donors (Lipinski definition) is 1. The molecule has 4 nitrogen and oxygen atoms in total. The van der Waals surface area contributed by atoms with Gasteiger partial charge in [0.1, 0.15) is 6.61 Å². The third-order valence-corrected chi connectivity index (χ3v) is 6.70. The Labute approximate surface area is 163 Å². The van der Waals surface area contributed by atoms with Crippen LogP contribution < -0.4 is 5.32 Å². The van der Waals surface area contributed by atoms with E-state index in [0.29, 0.717) is 18.6 Å². The van der Waals surface area contributed by atoms with E-state index < -0.39 is 0 Å². The number of ether oxygens (including phenoxy) is 2. The van der Waals surface area contributed by atoms with Crippen LogP contribution in [0.2, 0.25) is 0 Å². The predicted molar refractivity (Wildman–Crippen MR) is 106 cm³/mol. The number of nitrogens with one attached hydrogen (secondary N) is 1. The second-order valence-electron chi connectivity index (χ2n) is 9.12. The van der Waals surface area contributed by atoms with Crippen molar-refractivity contribution in [2.45, 2.75) is 82.8 Å². The first-order valence-corrected chi connectivity index (χ1v) is 10.7. The lowest BCUT2D eigenvalue weighted by molar-refractivity contribution is 0.0732. The molecule has 148 valence electrons. The Morgan fingerprint density at radius 1 is 1.30 bits per heavy atom. The molecule has 4 rings (SSSR count). The molecule has 4 heteroatoms. The molecule has 1 saturated carbocycles. The van der Waals surface area contributed by atoms with Crippen molar-refractivity contribution >= 4 is 6.09 Å². The van der Waals surface area contributed by atoms with Gasteiger partial charge in [-0.3, -0.25) is 0 Å². The van der Waals surface area contributed by atoms with Crippen molar-refractivity contribution in [1.29, 1.82) is 0 Å². The number of cyclic esters (lactones) is 1. The van der Waals surface area contributed by atoms with E-state index in [1.165, 1.54) is 37.7 Å². The average molecular weight is 372 g/mol. The summed E-state index contributed by atoms with van der Waals surface area (Å²) in [7, 11) is 0. The van der Waals surface area contributed by atoms with Gasteiger partial charge in [0.25, 0.3) is 0 Å². The van der Waals surface area contributed by atoms with Gasteiger partial charge >= 0.3 is 6.09 Å². The van der Waals surface area contributed by atoms with Gasteiger partial charge < -0.3 is 14.8 Å². The highest BCUT2D eigenvalue weighted by molar-refractivity contribution is 5.70. The van der Waals surface area contributed by atoms with E-state index in [1.54, 1.807) is 11.1 Å². The smallest absolute Gasteiger partial charge is 0.407 e. The fourth-order valence-corrected chi connectivity index (χ4v) is 5.19. The van der Waals surface area contributed by atoms with Gasteiger partial charge in [0.2, 0.25) is 0 Å². The molecule has 1 aliphatic heterocycles. The number of carbonyl (C=O) groups excluding carboxylic acids is 1. The molecular formula is C23H33NO3. The summed E-state index contributed by atoms with van der Waals surface area (Å²) in [5.74, 6) is 1.35. The zero-order valence-corrected chi connectivity index (χ0v) is 16.8. The van der Waals surface area contributed by atoms with E-state index in [4.69, 9.17) is 9.47 Å². The average Bonchev–Trinajstić information content (AvgIpc) is 3.24. The molecular weight excluding hydrogens is 338 g/mol. The fourth-order valence-electron chi connectivity index (χ4n) is 5.19. The van der Waals surface area contributed by atoms with E-state index >= 15 is 0 Å². The van der Waals surface area contributed by atoms with Crippen LogP contribution in [0.5, 0.6) is 0 Å². The van der Waals surface area contributed by atoms with Gasteiger partial charge in [-0.2, -0.15) is 0 Å². The maximum Gasteiger partial charge on any atom is 0.407 e. The maximum atomic E-state index is 11.5. The Bertz CT molecular complexity index is 686. The van der Waals surface area contributed by atoms with E-state index in [-0.39, 0.29) is 11.6 Å². The molecule has 0 aromatic heterocycles. The van der Waals surface area contributed by atoms with Crippen LogP contribution in [0.25, 0.3) is 0 Å². The molecule has 0 bridgehead atoms. The molecule has 1 saturated heterocycles. The molecule has 0 radical (unpaired) electrons. The van der Waals surface area contributed by atoms with E-state index in [1.807, 2.05) is 0 Å². The van der Waals surface area contributed by atoms with Gasteiger partial charge in [-0.05, 0) is 93.7 Å². The largest absolute Gasteiger partial charge is 0.447 e. The zero-order chi connectivity index (χ0) is 18.9. The first-order valence-electron chi connectivity index (χ1n) is 10.7. The number of aryl methyl sites for hydroxylation is 1. The van der Waals surface area contributed by atoms with Crippen LogP contribution in [0.4, 0.5) is 4.79 Å². The van der Waals surface area contributed by atoms with Gasteiger partial charge in [-0.1, -0.05) is 18.2 Å². The Morgan fingerprint density at radius 3 is 2.96 bits per heavy atom. The normalized spacial score (nSPS) is 29.8. The molecule has 1 spiro atoms. The zero-order valence-electron chi connectivity index (χ0n) is 16.8. The molecule has 1 unspecified atom stereocenters. The van der Waals surface area contributed by atoms with Crippen molar-refractivity contribution in [3.63, 3.8) is 0 Å². The predicted octanol–water partition coefficient (Wildman–Crippen LogP) is 4.74. The van der Waals surface area contributed by atoms with E-state index in [2.05, 4.69) is 37.4 Å². The second kappa shape index (κ2) is 7.83. The number of hydrogen-bond acceptors (Lipinski definition) is 3. The van der Waals surface area contributed by atoms with E-state index in [9.17, 15) is 4.79 Å². The Kier molecular flexibility index (Phi) is 5.45. The summed E-state index contributed by atoms with van der Waals surface area (Å²) in [5, 5.41) is 3.06. The molecule has 1 amide bonds. The van der Waals surface area contributed by atoms with Crippen molar-refractivity contribution in [3.05, 3.63) is 34.9 Å². The molecule has 3 aliphatic rings. The molecule has 2 fully saturated rings. The lowest BCUT2D eigenvalue weighted by atomic mass is 9.80. The number of carbonyl (C=O) groups is 1. The standard InChI is InChI=1S/C23H33NO3/c1-16(2)26-11-3-4-17-5-6-19-13-20(8-7-18(19)12-17)21-9-10-23(14-21)15-27-22(25)24-23/h7-8,13,16-17,21H,3-6,9-12,14-15H2,1-2H3,(H,24,25)/t17?,21-,23+/m0/s1. The van der Waals surface area contributed by atoms with Crippen LogP contribution in [-0.2, 0) is 22.3 Å². The van der Waals surface area contributed by atoms with Crippen LogP contribution in [0.15, 0.2) is 18.2 Å². The second-order valence-corrected chi connectivity index (χ2v) is 9.12. The summed E-state index contributed by atoms with van der Waals surface area (Å²) in [6.07, 6.45) is 9.45. The minimum atomic E-state index is -0.245. The lowest BCUT2D eigenvalue weighted by Crippen LogP contribution is -2.40. The molecule has 1 aromatic carbocycles. The molecule has 1 N–H and O–H groups in total. The monoisotopic (exact) mass is 371 g/mol. The molecule has 1 heterocycles. The summed E-state index contributed by atoms with van der Waals surface area (Å²) in [5.41, 5.74) is 4.44. The number of rotatable bonds is 6. The highest BCUT2D eigenvalue weighted by Gasteiger charge is 2.46. The van der Waals surface area contributed by atoms with Gasteiger partial charge in [0.05, 0.1) is 11.6 Å². The van der Waals surface area contributed by atoms with Crippen molar-refractivity contribution in [3.8, 4) is 0 Å². The van der Waals surface area contributed by atoms with Crippen molar-refractivity contribution in [2.24, 2.45) is 5.92 Å². The third kappa shape index (κ3) is 4.31. The van der Waals surface area contributed by atoms with Gasteiger partial charge in [0, 0.05) is 6.61 Å². The minimum Gasteiger partial charge on any atom is -0.447 e. The summed E-state index contributed by atoms with van der Waals surface area (Å²) >= 11 is 0. The summed E-state index contributed by atoms with van der Waals surface area (Å²) in [6, 6.07) is 7.16. The first-order chi connectivity index (χ1) is 13.0. The van der Waals surface area contributed by atoms with Crippen LogP contribution in [0.1, 0.15) is 75.0 Å². The molecule has 27 heavy (non-hydrogen) atoms. The topological polar surface area (TPSA) is 47.6 Å². The van der Waals surface area contributed by atoms with Gasteiger partial charge in [-0.15, -0.1) is 0 Å². The minimum absolute atomic E-state index is 0.110. The molecule has 3 atom stereocenters. The number of alkyl carbamates (subject to hydrolysis) is 1. The van der Waals surface area contributed by atoms with Crippen LogP contribution in [0.3, 0.4) is 0 Å². The van der Waals surface area contributed by atoms with Gasteiger partial charge in [-0.25, -0.2) is 4.79 Å². The van der Waals surface area contributed by atoms with Crippen LogP contribution in [-0.4, -0.2) is 30.9 Å². The highest BCUT2D eigenvalue weighted by atomic mass is 16.6. The Balaban J connectivity index is 1.33. The fraction of sp³-hybridized carbons (Fsp3) is 0.696. The summed E-state index contributed by atoms with van der Waals surface area (Å²) < 4.78 is 10.9. The number of fused-ring (bicyclic) bond motifs is 1. The first kappa shape index (κ1) is 18.8. The maximum absolute atomic E-state index is 11.5. The van der Waals surface area contributed by atoms with Gasteiger partial charge in [0.15, 0.2) is 0 Å². The lowest BCUT2D eigenvalue weighted by Gasteiger charge is -2.26. The highest BCUT2D eigenvalue weighted by Crippen LogP contribution is 2.43. The molecule has 2 aliphatic carbocycles. The van der Waals surface area contributed by atoms with Crippen molar-refractivity contribution in [1.82, 2.24) is 5.32 Å². The Hall–Kier alpha value is -1.55. The summed E-state index contributed by atoms with van der Waals surface area (Å²) in [4.78, 5) is 11.5. The van der Waals surface area contributed by atoms with E-state index in [0.717, 1.165) is 31.8 Å². The van der Waals surface area contributed by atoms with Crippen molar-refractivity contribution < 1.29 is 14.3 Å². The number of benzene rings is 1. The number of amides is 1. The SMILES string of the molecule is CC(C)OCCCC1CCc2cc([C@H]3CC[C@]4(COC(=O)N4)C3)ccc2C1. The van der Waals surface area contributed by atoms with Crippen LogP contribution >= 0.6 is 0 Å². The third-order valence-electron chi connectivity index (χ3n) is 6.70. The summed E-state index contributed by atoms with van der Waals surface area (Å²) in [6.45, 7) is 5.64.